The van der Waals surface area contributed by atoms with Crippen LogP contribution in [0.2, 0.25) is 0 Å². The fraction of sp³-hybridized carbons (Fsp3) is 0.263. The van der Waals surface area contributed by atoms with E-state index in [1.54, 1.807) is 13.8 Å². The maximum absolute atomic E-state index is 13.5. The fourth-order valence-electron chi connectivity index (χ4n) is 2.55. The van der Waals surface area contributed by atoms with Gasteiger partial charge < -0.3 is 10.6 Å². The van der Waals surface area contributed by atoms with Crippen molar-refractivity contribution in [3.05, 3.63) is 53.2 Å². The minimum atomic E-state index is -4.71. The van der Waals surface area contributed by atoms with Crippen molar-refractivity contribution in [2.24, 2.45) is 0 Å². The Morgan fingerprint density at radius 3 is 2.13 bits per heavy atom. The summed E-state index contributed by atoms with van der Waals surface area (Å²) in [6, 6.07) is 4.74. The van der Waals surface area contributed by atoms with Crippen LogP contribution in [0, 0.1) is 11.6 Å². The number of hydrogen-bond acceptors (Lipinski definition) is 6. The summed E-state index contributed by atoms with van der Waals surface area (Å²) in [5, 5.41) is 5.54. The van der Waals surface area contributed by atoms with E-state index in [4.69, 9.17) is 11.6 Å². The van der Waals surface area contributed by atoms with Crippen LogP contribution in [0.1, 0.15) is 25.1 Å². The normalized spacial score (nSPS) is 11.6. The average Bonchev–Trinajstić information content (AvgIpc) is 2.65. The number of benzene rings is 1. The monoisotopic (exact) mass is 458 g/mol. The summed E-state index contributed by atoms with van der Waals surface area (Å²) < 4.78 is 66.7. The van der Waals surface area contributed by atoms with Gasteiger partial charge >= 0.3 is 6.18 Å². The molecular formula is C19H16ClF5N6. The van der Waals surface area contributed by atoms with Gasteiger partial charge in [0.2, 0.25) is 11.9 Å². The summed E-state index contributed by atoms with van der Waals surface area (Å²) in [5.41, 5.74) is -1.17. The van der Waals surface area contributed by atoms with E-state index in [2.05, 4.69) is 30.6 Å². The molecule has 0 radical (unpaired) electrons. The van der Waals surface area contributed by atoms with Crippen molar-refractivity contribution in [2.75, 3.05) is 10.6 Å². The van der Waals surface area contributed by atoms with Crippen molar-refractivity contribution in [1.29, 1.82) is 0 Å². The van der Waals surface area contributed by atoms with Crippen molar-refractivity contribution < 1.29 is 22.0 Å². The lowest BCUT2D eigenvalue weighted by molar-refractivity contribution is -0.141. The summed E-state index contributed by atoms with van der Waals surface area (Å²) in [6.07, 6.45) is -4.71. The van der Waals surface area contributed by atoms with Gasteiger partial charge in [-0.15, -0.1) is 11.6 Å². The molecule has 164 valence electrons. The number of alkyl halides is 4. The number of nitrogens with one attached hydrogen (secondary N) is 2. The quantitative estimate of drug-likeness (QED) is 0.373. The molecule has 0 unspecified atom stereocenters. The van der Waals surface area contributed by atoms with Crippen molar-refractivity contribution >= 4 is 29.2 Å². The predicted octanol–water partition coefficient (Wildman–Crippen LogP) is 5.53. The molecule has 1 aromatic carbocycles. The van der Waals surface area contributed by atoms with Crippen LogP contribution in [0.5, 0.6) is 0 Å². The molecule has 0 fully saturated rings. The van der Waals surface area contributed by atoms with E-state index >= 15 is 0 Å². The smallest absolute Gasteiger partial charge is 0.352 e. The van der Waals surface area contributed by atoms with Crippen molar-refractivity contribution in [3.63, 3.8) is 0 Å². The van der Waals surface area contributed by atoms with Gasteiger partial charge in [-0.25, -0.2) is 13.8 Å². The van der Waals surface area contributed by atoms with E-state index in [-0.39, 0.29) is 46.6 Å². The number of nitrogens with zero attached hydrogens (tertiary/aromatic N) is 4. The average molecular weight is 459 g/mol. The topological polar surface area (TPSA) is 75.6 Å². The van der Waals surface area contributed by atoms with Crippen LogP contribution < -0.4 is 10.6 Å². The molecule has 31 heavy (non-hydrogen) atoms. The third kappa shape index (κ3) is 5.97. The highest BCUT2D eigenvalue weighted by Gasteiger charge is 2.33. The SMILES string of the molecule is CC(C)Nc1nc(Nc2cc(F)cc(F)c2)nc(-c2cc(CCl)cc(C(F)(F)F)n2)n1. The van der Waals surface area contributed by atoms with Gasteiger partial charge in [0.25, 0.3) is 0 Å². The Morgan fingerprint density at radius 2 is 1.55 bits per heavy atom. The molecule has 2 aromatic heterocycles. The molecule has 0 saturated heterocycles. The van der Waals surface area contributed by atoms with E-state index in [1.807, 2.05) is 0 Å². The first-order chi connectivity index (χ1) is 14.5. The summed E-state index contributed by atoms with van der Waals surface area (Å²) in [7, 11) is 0. The largest absolute Gasteiger partial charge is 0.433 e. The number of rotatable bonds is 6. The number of hydrogen-bond donors (Lipinski definition) is 2. The molecule has 2 N–H and O–H groups in total. The molecule has 0 aliphatic rings. The number of aromatic nitrogens is 4. The van der Waals surface area contributed by atoms with Gasteiger partial charge in [-0.2, -0.15) is 28.1 Å². The van der Waals surface area contributed by atoms with E-state index in [1.165, 1.54) is 6.07 Å². The number of halogens is 6. The van der Waals surface area contributed by atoms with Crippen LogP contribution in [-0.2, 0) is 12.1 Å². The zero-order chi connectivity index (χ0) is 22.8. The molecule has 0 bridgehead atoms. The van der Waals surface area contributed by atoms with Crippen LogP contribution in [0.3, 0.4) is 0 Å². The minimum Gasteiger partial charge on any atom is -0.352 e. The summed E-state index contributed by atoms with van der Waals surface area (Å²) in [4.78, 5) is 15.9. The molecule has 3 aromatic rings. The van der Waals surface area contributed by atoms with Gasteiger partial charge in [0.15, 0.2) is 5.82 Å². The van der Waals surface area contributed by atoms with Gasteiger partial charge in [0.1, 0.15) is 23.0 Å². The highest BCUT2D eigenvalue weighted by molar-refractivity contribution is 6.17. The maximum atomic E-state index is 13.5. The third-order valence-electron chi connectivity index (χ3n) is 3.73. The van der Waals surface area contributed by atoms with E-state index < -0.39 is 23.5 Å². The Balaban J connectivity index is 2.10. The molecule has 0 atom stereocenters. The van der Waals surface area contributed by atoms with Gasteiger partial charge in [0, 0.05) is 23.7 Å². The van der Waals surface area contributed by atoms with Crippen LogP contribution in [0.4, 0.5) is 39.5 Å². The lowest BCUT2D eigenvalue weighted by atomic mass is 10.2. The predicted molar refractivity (Wildman–Crippen MR) is 106 cm³/mol. The number of anilines is 3. The Morgan fingerprint density at radius 1 is 0.903 bits per heavy atom. The molecule has 0 spiro atoms. The summed E-state index contributed by atoms with van der Waals surface area (Å²) in [5.74, 6) is -2.15. The molecule has 12 heteroatoms. The lowest BCUT2D eigenvalue weighted by Crippen LogP contribution is -2.15. The van der Waals surface area contributed by atoms with Crippen molar-refractivity contribution in [2.45, 2.75) is 31.9 Å². The molecule has 0 aliphatic carbocycles. The second kappa shape index (κ2) is 8.96. The van der Waals surface area contributed by atoms with Gasteiger partial charge in [0.05, 0.1) is 0 Å². The highest BCUT2D eigenvalue weighted by Crippen LogP contribution is 2.31. The second-order valence-corrected chi connectivity index (χ2v) is 7.03. The Kier molecular flexibility index (Phi) is 6.54. The minimum absolute atomic E-state index is 0.00333. The van der Waals surface area contributed by atoms with Crippen LogP contribution in [0.15, 0.2) is 30.3 Å². The summed E-state index contributed by atoms with van der Waals surface area (Å²) in [6.45, 7) is 3.60. The first-order valence-corrected chi connectivity index (χ1v) is 9.47. The lowest BCUT2D eigenvalue weighted by Gasteiger charge is -2.13. The van der Waals surface area contributed by atoms with E-state index in [0.29, 0.717) is 6.07 Å². The Hall–Kier alpha value is -3.08. The molecule has 0 aliphatic heterocycles. The standard InChI is InChI=1S/C19H16ClF5N6/c1-9(2)26-17-29-16(14-3-10(8-20)4-15(28-14)19(23,24)25)30-18(31-17)27-13-6-11(21)5-12(22)7-13/h3-7,9H,8H2,1-2H3,(H2,26,27,29,30,31). The van der Waals surface area contributed by atoms with E-state index in [9.17, 15) is 22.0 Å². The van der Waals surface area contributed by atoms with Crippen LogP contribution in [-0.4, -0.2) is 26.0 Å². The zero-order valence-electron chi connectivity index (χ0n) is 16.2. The highest BCUT2D eigenvalue weighted by atomic mass is 35.5. The van der Waals surface area contributed by atoms with Gasteiger partial charge in [-0.3, -0.25) is 0 Å². The van der Waals surface area contributed by atoms with Crippen LogP contribution in [0.25, 0.3) is 11.5 Å². The fourth-order valence-corrected chi connectivity index (χ4v) is 2.70. The Labute approximate surface area is 178 Å². The third-order valence-corrected chi connectivity index (χ3v) is 4.04. The molecule has 0 saturated carbocycles. The molecule has 2 heterocycles. The first kappa shape index (κ1) is 22.6. The van der Waals surface area contributed by atoms with Crippen LogP contribution >= 0.6 is 11.6 Å². The molecular weight excluding hydrogens is 443 g/mol. The van der Waals surface area contributed by atoms with Gasteiger partial charge in [-0.05, 0) is 43.7 Å². The molecule has 0 amide bonds. The molecule has 6 nitrogen and oxygen atoms in total. The Bertz CT molecular complexity index is 1070. The first-order valence-electron chi connectivity index (χ1n) is 8.93. The van der Waals surface area contributed by atoms with E-state index in [0.717, 1.165) is 18.2 Å². The summed E-state index contributed by atoms with van der Waals surface area (Å²) >= 11 is 5.73. The van der Waals surface area contributed by atoms with Gasteiger partial charge in [-0.1, -0.05) is 0 Å². The molecule has 3 rings (SSSR count). The number of pyridine rings is 1. The maximum Gasteiger partial charge on any atom is 0.433 e. The zero-order valence-corrected chi connectivity index (χ0v) is 17.0. The van der Waals surface area contributed by atoms with Crippen molar-refractivity contribution in [3.8, 4) is 11.5 Å². The second-order valence-electron chi connectivity index (χ2n) is 6.77. The van der Waals surface area contributed by atoms with Crippen molar-refractivity contribution in [1.82, 2.24) is 19.9 Å².